The first-order valence-electron chi connectivity index (χ1n) is 12.9. The molecule has 0 bridgehead atoms. The first-order chi connectivity index (χ1) is 17.0. The van der Waals surface area contributed by atoms with E-state index >= 15 is 0 Å². The van der Waals surface area contributed by atoms with Gasteiger partial charge in [-0.1, -0.05) is 19.4 Å². The molecule has 192 valence electrons. The number of nitrogens with zero attached hydrogens (tertiary/aromatic N) is 2. The Balaban J connectivity index is 1.23. The van der Waals surface area contributed by atoms with Crippen molar-refractivity contribution < 1.29 is 24.4 Å². The molecule has 2 heterocycles. The van der Waals surface area contributed by atoms with E-state index in [9.17, 15) is 10.2 Å². The van der Waals surface area contributed by atoms with Gasteiger partial charge in [0.1, 0.15) is 5.75 Å². The molecule has 0 saturated carbocycles. The third-order valence-corrected chi connectivity index (χ3v) is 7.25. The third-order valence-electron chi connectivity index (χ3n) is 7.25. The predicted octanol–water partition coefficient (Wildman–Crippen LogP) is 3.98. The zero-order valence-electron chi connectivity index (χ0n) is 21.2. The highest BCUT2D eigenvalue weighted by molar-refractivity contribution is 5.55. The lowest BCUT2D eigenvalue weighted by molar-refractivity contribution is -0.0254. The fraction of sp³-hybridized carbons (Fsp3) is 0.571. The third kappa shape index (κ3) is 6.81. The number of likely N-dealkylation sites (tertiary alicyclic amines) is 1. The van der Waals surface area contributed by atoms with Crippen LogP contribution in [0, 0.1) is 0 Å². The molecule has 2 N–H and O–H groups in total. The highest BCUT2D eigenvalue weighted by Crippen LogP contribution is 2.33. The van der Waals surface area contributed by atoms with Crippen molar-refractivity contribution >= 4 is 5.69 Å². The van der Waals surface area contributed by atoms with Crippen LogP contribution >= 0.6 is 0 Å². The monoisotopic (exact) mass is 484 g/mol. The molecule has 0 amide bonds. The zero-order valence-corrected chi connectivity index (χ0v) is 21.2. The van der Waals surface area contributed by atoms with Crippen LogP contribution in [-0.2, 0) is 13.0 Å². The van der Waals surface area contributed by atoms with Crippen molar-refractivity contribution in [2.45, 2.75) is 57.7 Å². The van der Waals surface area contributed by atoms with Gasteiger partial charge in [0.25, 0.3) is 0 Å². The molecular weight excluding hydrogens is 444 g/mol. The van der Waals surface area contributed by atoms with Gasteiger partial charge in [-0.15, -0.1) is 0 Å². The summed E-state index contributed by atoms with van der Waals surface area (Å²) in [5, 5.41) is 21.1. The summed E-state index contributed by atoms with van der Waals surface area (Å²) in [7, 11) is 2.02. The van der Waals surface area contributed by atoms with Crippen LogP contribution in [0.1, 0.15) is 50.2 Å². The van der Waals surface area contributed by atoms with Gasteiger partial charge >= 0.3 is 0 Å². The molecule has 1 fully saturated rings. The Bertz CT molecular complexity index is 958. The highest BCUT2D eigenvalue weighted by atomic mass is 16.7. The molecule has 0 atom stereocenters. The molecular formula is C28H40N2O5. The number of rotatable bonds is 12. The van der Waals surface area contributed by atoms with Gasteiger partial charge in [-0.05, 0) is 68.0 Å². The summed E-state index contributed by atoms with van der Waals surface area (Å²) < 4.78 is 16.7. The van der Waals surface area contributed by atoms with Crippen LogP contribution in [-0.4, -0.2) is 67.3 Å². The van der Waals surface area contributed by atoms with E-state index in [0.717, 1.165) is 86.8 Å². The minimum atomic E-state index is -0.647. The van der Waals surface area contributed by atoms with Crippen LogP contribution in [0.4, 0.5) is 5.69 Å². The lowest BCUT2D eigenvalue weighted by Crippen LogP contribution is -2.46. The highest BCUT2D eigenvalue weighted by Gasteiger charge is 2.32. The molecule has 0 radical (unpaired) electrons. The van der Waals surface area contributed by atoms with Gasteiger partial charge in [0.2, 0.25) is 6.79 Å². The predicted molar refractivity (Wildman–Crippen MR) is 138 cm³/mol. The summed E-state index contributed by atoms with van der Waals surface area (Å²) in [5.41, 5.74) is 2.44. The van der Waals surface area contributed by atoms with Gasteiger partial charge in [-0.25, -0.2) is 0 Å². The second kappa shape index (κ2) is 12.0. The van der Waals surface area contributed by atoms with Crippen LogP contribution in [0.15, 0.2) is 36.4 Å². The van der Waals surface area contributed by atoms with Crippen LogP contribution in [0.3, 0.4) is 0 Å². The summed E-state index contributed by atoms with van der Waals surface area (Å²) in [6.45, 7) is 6.61. The van der Waals surface area contributed by atoms with E-state index in [2.05, 4.69) is 28.9 Å². The maximum atomic E-state index is 11.2. The smallest absolute Gasteiger partial charge is 0.231 e. The number of piperidine rings is 1. The number of hydrogen-bond acceptors (Lipinski definition) is 7. The van der Waals surface area contributed by atoms with Crippen molar-refractivity contribution in [1.82, 2.24) is 4.90 Å². The van der Waals surface area contributed by atoms with E-state index in [1.54, 1.807) is 0 Å². The van der Waals surface area contributed by atoms with Crippen molar-refractivity contribution in [2.75, 3.05) is 51.5 Å². The first kappa shape index (κ1) is 25.6. The van der Waals surface area contributed by atoms with Crippen molar-refractivity contribution in [2.24, 2.45) is 0 Å². The van der Waals surface area contributed by atoms with Crippen molar-refractivity contribution in [3.05, 3.63) is 47.5 Å². The summed E-state index contributed by atoms with van der Waals surface area (Å²) >= 11 is 0. The minimum Gasteiger partial charge on any atom is -0.494 e. The molecule has 0 aromatic heterocycles. The summed E-state index contributed by atoms with van der Waals surface area (Å²) in [6.07, 6.45) is 5.33. The summed E-state index contributed by atoms with van der Waals surface area (Å²) in [6, 6.07) is 12.1. The molecule has 2 aromatic carbocycles. The number of benzene rings is 2. The maximum absolute atomic E-state index is 11.2. The van der Waals surface area contributed by atoms with Crippen LogP contribution in [0.5, 0.6) is 17.2 Å². The molecule has 2 aliphatic rings. The molecule has 0 unspecified atom stereocenters. The van der Waals surface area contributed by atoms with E-state index in [0.29, 0.717) is 19.8 Å². The van der Waals surface area contributed by atoms with Crippen LogP contribution < -0.4 is 19.1 Å². The Kier molecular flexibility index (Phi) is 8.76. The van der Waals surface area contributed by atoms with E-state index in [4.69, 9.17) is 14.2 Å². The summed E-state index contributed by atoms with van der Waals surface area (Å²) in [4.78, 5) is 4.56. The number of anilines is 1. The molecule has 35 heavy (non-hydrogen) atoms. The first-order valence-corrected chi connectivity index (χ1v) is 12.9. The van der Waals surface area contributed by atoms with E-state index in [1.165, 1.54) is 5.56 Å². The Morgan fingerprint density at radius 3 is 2.66 bits per heavy atom. The van der Waals surface area contributed by atoms with E-state index in [-0.39, 0.29) is 6.61 Å². The Labute approximate surface area is 209 Å². The van der Waals surface area contributed by atoms with E-state index in [1.807, 2.05) is 31.3 Å². The number of hydrogen-bond donors (Lipinski definition) is 2. The van der Waals surface area contributed by atoms with Gasteiger partial charge in [0, 0.05) is 44.5 Å². The minimum absolute atomic E-state index is 0.0345. The lowest BCUT2D eigenvalue weighted by Gasteiger charge is -2.39. The molecule has 7 nitrogen and oxygen atoms in total. The van der Waals surface area contributed by atoms with Gasteiger partial charge in [0.05, 0.1) is 18.8 Å². The van der Waals surface area contributed by atoms with Crippen molar-refractivity contribution in [3.8, 4) is 17.2 Å². The average Bonchev–Trinajstić information content (AvgIpc) is 3.35. The fourth-order valence-corrected chi connectivity index (χ4v) is 4.81. The SMILES string of the molecule is CCCCOc1ccc(N(C)CCC2(O)CCN(CCc3ccc4c(c3)OCO4)CC2)c(CO)c1. The Hall–Kier alpha value is -2.48. The maximum Gasteiger partial charge on any atom is 0.231 e. The second-order valence-corrected chi connectivity index (χ2v) is 9.83. The molecule has 2 aromatic rings. The number of fused-ring (bicyclic) bond motifs is 1. The largest absolute Gasteiger partial charge is 0.494 e. The standard InChI is InChI=1S/C28H40N2O5/c1-3-4-17-33-24-6-7-25(23(19-24)20-31)29(2)14-10-28(32)11-15-30(16-12-28)13-9-22-5-8-26-27(18-22)35-21-34-26/h5-8,18-19,31-32H,3-4,9-17,20-21H2,1-2H3. The molecule has 2 aliphatic heterocycles. The molecule has 0 spiro atoms. The zero-order chi connectivity index (χ0) is 24.7. The van der Waals surface area contributed by atoms with E-state index < -0.39 is 5.60 Å². The number of aliphatic hydroxyl groups excluding tert-OH is 1. The fourth-order valence-electron chi connectivity index (χ4n) is 4.81. The van der Waals surface area contributed by atoms with Gasteiger partial charge in [0.15, 0.2) is 11.5 Å². The van der Waals surface area contributed by atoms with Crippen LogP contribution in [0.2, 0.25) is 0 Å². The van der Waals surface area contributed by atoms with Crippen LogP contribution in [0.25, 0.3) is 0 Å². The Morgan fingerprint density at radius 1 is 1.09 bits per heavy atom. The molecule has 7 heteroatoms. The number of unbranched alkanes of at least 4 members (excludes halogenated alkanes) is 1. The van der Waals surface area contributed by atoms with Gasteiger partial charge < -0.3 is 34.2 Å². The van der Waals surface area contributed by atoms with Gasteiger partial charge in [-0.2, -0.15) is 0 Å². The number of ether oxygens (including phenoxy) is 3. The number of aliphatic hydroxyl groups is 2. The topological polar surface area (TPSA) is 74.6 Å². The van der Waals surface area contributed by atoms with Crippen molar-refractivity contribution in [1.29, 1.82) is 0 Å². The quantitative estimate of drug-likeness (QED) is 0.442. The average molecular weight is 485 g/mol. The Morgan fingerprint density at radius 2 is 1.89 bits per heavy atom. The molecule has 1 saturated heterocycles. The van der Waals surface area contributed by atoms with Gasteiger partial charge in [-0.3, -0.25) is 0 Å². The normalized spacial score (nSPS) is 16.9. The molecule has 0 aliphatic carbocycles. The van der Waals surface area contributed by atoms with Crippen molar-refractivity contribution in [3.63, 3.8) is 0 Å². The second-order valence-electron chi connectivity index (χ2n) is 9.83. The lowest BCUT2D eigenvalue weighted by atomic mass is 9.88. The molecule has 4 rings (SSSR count). The summed E-state index contributed by atoms with van der Waals surface area (Å²) in [5.74, 6) is 2.46.